The van der Waals surface area contributed by atoms with Crippen LogP contribution in [-0.2, 0) is 9.59 Å². The van der Waals surface area contributed by atoms with Gasteiger partial charge >= 0.3 is 5.97 Å². The third-order valence-corrected chi connectivity index (χ3v) is 8.41. The van der Waals surface area contributed by atoms with Crippen molar-refractivity contribution in [3.05, 3.63) is 12.2 Å². The third-order valence-electron chi connectivity index (χ3n) is 8.41. The summed E-state index contributed by atoms with van der Waals surface area (Å²) in [6.07, 6.45) is 4.86. The Kier molecular flexibility index (Phi) is 3.21. The standard InChI is InChI=1S/C20H28O4/c1-11-12-9-13(21)15-18(2)6-4-7-19(3,17(23)24)14(18)5-8-20(15,10-12)16(11)22/h12-15,21H,1,4-10H2,2-3H3,(H,23,24)/t12-,13+,14+,15+,18-,19+,20-/m1/s1. The van der Waals surface area contributed by atoms with Crippen LogP contribution >= 0.6 is 0 Å². The Labute approximate surface area is 143 Å². The molecule has 4 fully saturated rings. The molecule has 0 radical (unpaired) electrons. The SMILES string of the molecule is C=C1C(=O)[C@@]23CC[C@H]4[C@@](C)(CCC[C@]4(C)C(=O)O)[C@@H]2[C@@H](O)C[C@@H]1C3. The smallest absolute Gasteiger partial charge is 0.309 e. The summed E-state index contributed by atoms with van der Waals surface area (Å²) in [5, 5.41) is 20.9. The Balaban J connectivity index is 1.83. The summed E-state index contributed by atoms with van der Waals surface area (Å²) < 4.78 is 0. The quantitative estimate of drug-likeness (QED) is 0.723. The highest BCUT2D eigenvalue weighted by atomic mass is 16.4. The van der Waals surface area contributed by atoms with Gasteiger partial charge in [-0.1, -0.05) is 19.9 Å². The second-order valence-electron chi connectivity index (χ2n) is 9.37. The highest BCUT2D eigenvalue weighted by Crippen LogP contribution is 2.71. The first kappa shape index (κ1) is 16.3. The number of hydrogen-bond donors (Lipinski definition) is 2. The summed E-state index contributed by atoms with van der Waals surface area (Å²) in [5.41, 5.74) is -0.810. The van der Waals surface area contributed by atoms with Crippen molar-refractivity contribution < 1.29 is 19.8 Å². The average Bonchev–Trinajstić information content (AvgIpc) is 2.68. The topological polar surface area (TPSA) is 74.6 Å². The van der Waals surface area contributed by atoms with Crippen LogP contribution < -0.4 is 0 Å². The number of ketones is 1. The normalized spacial score (nSPS) is 53.5. The third kappa shape index (κ3) is 1.68. The average molecular weight is 332 g/mol. The van der Waals surface area contributed by atoms with Gasteiger partial charge in [0.15, 0.2) is 5.78 Å². The van der Waals surface area contributed by atoms with Gasteiger partial charge in [0.25, 0.3) is 0 Å². The number of fused-ring (bicyclic) bond motifs is 3. The van der Waals surface area contributed by atoms with Crippen LogP contribution in [-0.4, -0.2) is 28.1 Å². The molecule has 4 aliphatic rings. The van der Waals surface area contributed by atoms with Gasteiger partial charge < -0.3 is 10.2 Å². The number of Topliss-reactive ketones (excluding diaryl/α,β-unsaturated/α-hetero) is 1. The van der Waals surface area contributed by atoms with E-state index in [2.05, 4.69) is 13.5 Å². The fraction of sp³-hybridized carbons (Fsp3) is 0.800. The largest absolute Gasteiger partial charge is 0.481 e. The number of hydrogen-bond acceptors (Lipinski definition) is 3. The van der Waals surface area contributed by atoms with Gasteiger partial charge in [-0.05, 0) is 68.3 Å². The van der Waals surface area contributed by atoms with Crippen LogP contribution in [0.1, 0.15) is 58.8 Å². The summed E-state index contributed by atoms with van der Waals surface area (Å²) in [5.74, 6) is -0.528. The maximum absolute atomic E-state index is 13.1. The lowest BCUT2D eigenvalue weighted by molar-refractivity contribution is -0.199. The maximum Gasteiger partial charge on any atom is 0.309 e. The first-order valence-electron chi connectivity index (χ1n) is 9.32. The molecule has 24 heavy (non-hydrogen) atoms. The Morgan fingerprint density at radius 2 is 1.96 bits per heavy atom. The molecule has 0 aliphatic heterocycles. The first-order valence-corrected chi connectivity index (χ1v) is 9.32. The molecule has 1 spiro atoms. The zero-order chi connectivity index (χ0) is 17.5. The van der Waals surface area contributed by atoms with Crippen molar-refractivity contribution in [2.45, 2.75) is 64.9 Å². The number of carboxylic acid groups (broad SMARTS) is 1. The minimum absolute atomic E-state index is 0.0275. The second-order valence-corrected chi connectivity index (χ2v) is 9.37. The monoisotopic (exact) mass is 332 g/mol. The van der Waals surface area contributed by atoms with Gasteiger partial charge in [0.2, 0.25) is 0 Å². The summed E-state index contributed by atoms with van der Waals surface area (Å²) in [6.45, 7) is 8.06. The van der Waals surface area contributed by atoms with Crippen molar-refractivity contribution in [2.24, 2.45) is 34.0 Å². The Morgan fingerprint density at radius 1 is 1.25 bits per heavy atom. The van der Waals surface area contributed by atoms with E-state index in [4.69, 9.17) is 0 Å². The van der Waals surface area contributed by atoms with Crippen LogP contribution in [0.15, 0.2) is 12.2 Å². The van der Waals surface area contributed by atoms with Crippen LogP contribution in [0.3, 0.4) is 0 Å². The van der Waals surface area contributed by atoms with Crippen LogP contribution in [0.4, 0.5) is 0 Å². The van der Waals surface area contributed by atoms with Gasteiger partial charge in [0.05, 0.1) is 11.5 Å². The molecule has 0 aromatic carbocycles. The molecule has 0 saturated heterocycles. The lowest BCUT2D eigenvalue weighted by atomic mass is 9.40. The molecule has 2 N–H and O–H groups in total. The molecular weight excluding hydrogens is 304 g/mol. The van der Waals surface area contributed by atoms with Crippen molar-refractivity contribution >= 4 is 11.8 Å². The highest BCUT2D eigenvalue weighted by Gasteiger charge is 2.70. The highest BCUT2D eigenvalue weighted by molar-refractivity contribution is 6.03. The molecular formula is C20H28O4. The number of aliphatic hydroxyl groups excluding tert-OH is 1. The molecule has 4 heteroatoms. The van der Waals surface area contributed by atoms with E-state index >= 15 is 0 Å². The van der Waals surface area contributed by atoms with E-state index in [-0.39, 0.29) is 29.0 Å². The maximum atomic E-state index is 13.1. The van der Waals surface area contributed by atoms with Crippen molar-refractivity contribution in [1.29, 1.82) is 0 Å². The van der Waals surface area contributed by atoms with Crippen LogP contribution in [0.25, 0.3) is 0 Å². The van der Waals surface area contributed by atoms with Crippen LogP contribution in [0.2, 0.25) is 0 Å². The van der Waals surface area contributed by atoms with E-state index in [9.17, 15) is 19.8 Å². The van der Waals surface area contributed by atoms with Crippen molar-refractivity contribution in [2.75, 3.05) is 0 Å². The minimum Gasteiger partial charge on any atom is -0.481 e. The van der Waals surface area contributed by atoms with Crippen molar-refractivity contribution in [1.82, 2.24) is 0 Å². The fourth-order valence-corrected chi connectivity index (χ4v) is 7.48. The molecule has 132 valence electrons. The van der Waals surface area contributed by atoms with Crippen molar-refractivity contribution in [3.63, 3.8) is 0 Å². The number of rotatable bonds is 1. The molecule has 4 saturated carbocycles. The fourth-order valence-electron chi connectivity index (χ4n) is 7.48. The van der Waals surface area contributed by atoms with E-state index in [0.717, 1.165) is 25.7 Å². The molecule has 0 aromatic heterocycles. The molecule has 4 nitrogen and oxygen atoms in total. The van der Waals surface area contributed by atoms with Gasteiger partial charge in [-0.25, -0.2) is 0 Å². The van der Waals surface area contributed by atoms with Gasteiger partial charge in [0.1, 0.15) is 0 Å². The summed E-state index contributed by atoms with van der Waals surface area (Å²) >= 11 is 0. The molecule has 0 heterocycles. The van der Waals surface area contributed by atoms with E-state index in [0.29, 0.717) is 24.8 Å². The Hall–Kier alpha value is -1.16. The number of carbonyl (C=O) groups is 2. The summed E-state index contributed by atoms with van der Waals surface area (Å²) in [6, 6.07) is 0. The zero-order valence-corrected chi connectivity index (χ0v) is 14.7. The molecule has 0 aromatic rings. The number of aliphatic carboxylic acids is 1. The van der Waals surface area contributed by atoms with E-state index < -0.39 is 22.9 Å². The van der Waals surface area contributed by atoms with Gasteiger partial charge in [-0.2, -0.15) is 0 Å². The minimum atomic E-state index is -0.746. The lowest BCUT2D eigenvalue weighted by Gasteiger charge is -2.63. The summed E-state index contributed by atoms with van der Waals surface area (Å²) in [4.78, 5) is 25.1. The Bertz CT molecular complexity index is 640. The van der Waals surface area contributed by atoms with E-state index in [1.807, 2.05) is 6.92 Å². The van der Waals surface area contributed by atoms with Crippen LogP contribution in [0, 0.1) is 34.0 Å². The first-order chi connectivity index (χ1) is 11.2. The van der Waals surface area contributed by atoms with E-state index in [1.54, 1.807) is 0 Å². The van der Waals surface area contributed by atoms with Gasteiger partial charge in [0, 0.05) is 11.3 Å². The molecule has 0 unspecified atom stereocenters. The molecule has 2 bridgehead atoms. The van der Waals surface area contributed by atoms with Gasteiger partial charge in [-0.3, -0.25) is 9.59 Å². The number of aliphatic hydroxyl groups is 1. The second kappa shape index (κ2) is 4.72. The molecule has 4 rings (SSSR count). The predicted octanol–water partition coefficient (Wildman–Crippen LogP) is 3.19. The number of carboxylic acids is 1. The predicted molar refractivity (Wildman–Crippen MR) is 89.2 cm³/mol. The zero-order valence-electron chi connectivity index (χ0n) is 14.7. The number of carbonyl (C=O) groups excluding carboxylic acids is 1. The number of allylic oxidation sites excluding steroid dienone is 1. The molecule has 4 aliphatic carbocycles. The van der Waals surface area contributed by atoms with Gasteiger partial charge in [-0.15, -0.1) is 0 Å². The molecule has 0 amide bonds. The molecule has 7 atom stereocenters. The van der Waals surface area contributed by atoms with E-state index in [1.165, 1.54) is 0 Å². The Morgan fingerprint density at radius 3 is 2.62 bits per heavy atom. The van der Waals surface area contributed by atoms with Crippen molar-refractivity contribution in [3.8, 4) is 0 Å². The summed E-state index contributed by atoms with van der Waals surface area (Å²) in [7, 11) is 0. The lowest BCUT2D eigenvalue weighted by Crippen LogP contribution is -2.62. The van der Waals surface area contributed by atoms with Crippen LogP contribution in [0.5, 0.6) is 0 Å².